The number of hydrogen-bond acceptors (Lipinski definition) is 5. The summed E-state index contributed by atoms with van der Waals surface area (Å²) in [7, 11) is -1.59. The van der Waals surface area contributed by atoms with Gasteiger partial charge in [0, 0.05) is 25.2 Å². The average Bonchev–Trinajstić information content (AvgIpc) is 3.00. The lowest BCUT2D eigenvalue weighted by molar-refractivity contribution is 0.0117. The van der Waals surface area contributed by atoms with Gasteiger partial charge in [0.15, 0.2) is 0 Å². The summed E-state index contributed by atoms with van der Waals surface area (Å²) >= 11 is 0. The van der Waals surface area contributed by atoms with Gasteiger partial charge >= 0.3 is 0 Å². The quantitative estimate of drug-likeness (QED) is 0.688. The van der Waals surface area contributed by atoms with E-state index in [9.17, 15) is 8.42 Å². The van der Waals surface area contributed by atoms with Gasteiger partial charge in [-0.05, 0) is 50.5 Å². The fourth-order valence-electron chi connectivity index (χ4n) is 4.57. The summed E-state index contributed by atoms with van der Waals surface area (Å²) in [6, 6.07) is 8.79. The van der Waals surface area contributed by atoms with Crippen molar-refractivity contribution in [3.63, 3.8) is 0 Å². The van der Waals surface area contributed by atoms with Crippen LogP contribution in [0.4, 0.5) is 0 Å². The van der Waals surface area contributed by atoms with E-state index in [1.54, 1.807) is 7.11 Å². The number of rotatable bonds is 8. The summed E-state index contributed by atoms with van der Waals surface area (Å²) < 4.78 is 37.6. The maximum Gasteiger partial charge on any atom is 0.209 e. The first-order chi connectivity index (χ1) is 13.3. The van der Waals surface area contributed by atoms with Gasteiger partial charge in [-0.15, -0.1) is 0 Å². The van der Waals surface area contributed by atoms with Gasteiger partial charge in [0.05, 0.1) is 25.6 Å². The molecule has 1 heterocycles. The standard InChI is InChI=1S/C21H34N2O4S/c1-15-5-4-6-17(11-15)16-7-9-19(10-8-16)27-14-21-20(23-28(3,24)25)12-18(22-21)13-26-2/h4-6,11,16,18-23H,7-10,12-14H2,1-3H3/t16?,18-,19?,20-,21-/m0/s1. The Kier molecular flexibility index (Phi) is 7.50. The van der Waals surface area contributed by atoms with Gasteiger partial charge in [0.1, 0.15) is 0 Å². The topological polar surface area (TPSA) is 76.7 Å². The minimum Gasteiger partial charge on any atom is -0.383 e. The third-order valence-electron chi connectivity index (χ3n) is 5.91. The molecule has 2 aliphatic rings. The van der Waals surface area contributed by atoms with Crippen molar-refractivity contribution in [3.8, 4) is 0 Å². The maximum absolute atomic E-state index is 11.7. The molecule has 0 aromatic heterocycles. The molecular weight excluding hydrogens is 376 g/mol. The molecule has 0 bridgehead atoms. The van der Waals surface area contributed by atoms with Crippen LogP contribution in [0.2, 0.25) is 0 Å². The van der Waals surface area contributed by atoms with Crippen LogP contribution in [0.15, 0.2) is 24.3 Å². The van der Waals surface area contributed by atoms with Crippen molar-refractivity contribution in [1.82, 2.24) is 10.0 Å². The molecule has 1 aliphatic heterocycles. The second-order valence-electron chi connectivity index (χ2n) is 8.38. The lowest BCUT2D eigenvalue weighted by atomic mass is 9.82. The normalized spacial score (nSPS) is 31.2. The summed E-state index contributed by atoms with van der Waals surface area (Å²) in [5.74, 6) is 0.620. The SMILES string of the molecule is COC[C@@H]1C[C@H](NS(C)(=O)=O)[C@H](COC2CCC(c3cccc(C)c3)CC2)N1. The van der Waals surface area contributed by atoms with Crippen molar-refractivity contribution >= 4 is 10.0 Å². The van der Waals surface area contributed by atoms with Crippen LogP contribution < -0.4 is 10.0 Å². The number of benzene rings is 1. The Hall–Kier alpha value is -0.990. The predicted octanol–water partition coefficient (Wildman–Crippen LogP) is 2.33. The minimum absolute atomic E-state index is 0.0237. The van der Waals surface area contributed by atoms with Gasteiger partial charge in [-0.3, -0.25) is 0 Å². The van der Waals surface area contributed by atoms with E-state index in [-0.39, 0.29) is 24.2 Å². The molecule has 0 amide bonds. The zero-order chi connectivity index (χ0) is 20.1. The zero-order valence-corrected chi connectivity index (χ0v) is 18.0. The average molecular weight is 411 g/mol. The number of hydrogen-bond donors (Lipinski definition) is 2. The Morgan fingerprint density at radius 2 is 1.93 bits per heavy atom. The van der Waals surface area contributed by atoms with Gasteiger partial charge in [0.2, 0.25) is 10.0 Å². The lowest BCUT2D eigenvalue weighted by Crippen LogP contribution is -2.46. The second kappa shape index (κ2) is 9.67. The van der Waals surface area contributed by atoms with E-state index < -0.39 is 10.0 Å². The van der Waals surface area contributed by atoms with Gasteiger partial charge in [-0.2, -0.15) is 0 Å². The van der Waals surface area contributed by atoms with Crippen LogP contribution in [0.3, 0.4) is 0 Å². The van der Waals surface area contributed by atoms with E-state index in [2.05, 4.69) is 41.2 Å². The smallest absolute Gasteiger partial charge is 0.209 e. The molecule has 1 saturated heterocycles. The largest absolute Gasteiger partial charge is 0.383 e. The van der Waals surface area contributed by atoms with Crippen LogP contribution in [0.25, 0.3) is 0 Å². The highest BCUT2D eigenvalue weighted by atomic mass is 32.2. The third kappa shape index (κ3) is 6.26. The summed E-state index contributed by atoms with van der Waals surface area (Å²) in [4.78, 5) is 0. The van der Waals surface area contributed by atoms with E-state index in [0.717, 1.165) is 32.1 Å². The fraction of sp³-hybridized carbons (Fsp3) is 0.714. The van der Waals surface area contributed by atoms with E-state index in [0.29, 0.717) is 19.1 Å². The van der Waals surface area contributed by atoms with E-state index in [1.165, 1.54) is 17.4 Å². The van der Waals surface area contributed by atoms with Crippen LogP contribution in [0.1, 0.15) is 49.1 Å². The molecule has 1 aromatic rings. The van der Waals surface area contributed by atoms with Crippen LogP contribution in [-0.2, 0) is 19.5 Å². The fourth-order valence-corrected chi connectivity index (χ4v) is 5.38. The van der Waals surface area contributed by atoms with E-state index >= 15 is 0 Å². The second-order valence-corrected chi connectivity index (χ2v) is 10.2. The molecule has 6 nitrogen and oxygen atoms in total. The highest BCUT2D eigenvalue weighted by Gasteiger charge is 2.36. The summed E-state index contributed by atoms with van der Waals surface area (Å²) in [5.41, 5.74) is 2.76. The molecule has 2 N–H and O–H groups in total. The highest BCUT2D eigenvalue weighted by molar-refractivity contribution is 7.88. The maximum atomic E-state index is 11.7. The molecule has 3 rings (SSSR count). The Balaban J connectivity index is 1.49. The van der Waals surface area contributed by atoms with Crippen molar-refractivity contribution in [2.24, 2.45) is 0 Å². The molecule has 28 heavy (non-hydrogen) atoms. The number of methoxy groups -OCH3 is 1. The van der Waals surface area contributed by atoms with Crippen molar-refractivity contribution < 1.29 is 17.9 Å². The summed E-state index contributed by atoms with van der Waals surface area (Å²) in [6.07, 6.45) is 6.57. The van der Waals surface area contributed by atoms with Crippen LogP contribution in [0.5, 0.6) is 0 Å². The first-order valence-electron chi connectivity index (χ1n) is 10.2. The molecular formula is C21H34N2O4S. The first-order valence-corrected chi connectivity index (χ1v) is 12.1. The van der Waals surface area contributed by atoms with Gasteiger partial charge < -0.3 is 14.8 Å². The Morgan fingerprint density at radius 1 is 1.18 bits per heavy atom. The van der Waals surface area contributed by atoms with Crippen molar-refractivity contribution in [2.45, 2.75) is 69.2 Å². The monoisotopic (exact) mass is 410 g/mol. The molecule has 7 heteroatoms. The molecule has 0 unspecified atom stereocenters. The number of nitrogens with one attached hydrogen (secondary N) is 2. The Labute approximate surface area is 169 Å². The van der Waals surface area contributed by atoms with Crippen LogP contribution in [0, 0.1) is 6.92 Å². The van der Waals surface area contributed by atoms with Crippen molar-refractivity contribution in [2.75, 3.05) is 26.6 Å². The number of aryl methyl sites for hydroxylation is 1. The predicted molar refractivity (Wildman–Crippen MR) is 111 cm³/mol. The van der Waals surface area contributed by atoms with E-state index in [4.69, 9.17) is 9.47 Å². The van der Waals surface area contributed by atoms with Gasteiger partial charge in [-0.1, -0.05) is 29.8 Å². The van der Waals surface area contributed by atoms with E-state index in [1.807, 2.05) is 0 Å². The zero-order valence-electron chi connectivity index (χ0n) is 17.2. The van der Waals surface area contributed by atoms with Crippen LogP contribution >= 0.6 is 0 Å². The molecule has 1 aliphatic carbocycles. The van der Waals surface area contributed by atoms with Gasteiger partial charge in [-0.25, -0.2) is 13.1 Å². The summed E-state index contributed by atoms with van der Waals surface area (Å²) in [6.45, 7) is 3.23. The molecule has 2 fully saturated rings. The first kappa shape index (κ1) is 21.7. The molecule has 1 saturated carbocycles. The Morgan fingerprint density at radius 3 is 2.57 bits per heavy atom. The summed E-state index contributed by atoms with van der Waals surface area (Å²) in [5, 5.41) is 3.47. The molecule has 3 atom stereocenters. The molecule has 158 valence electrons. The van der Waals surface area contributed by atoms with Crippen LogP contribution in [-0.4, -0.2) is 59.2 Å². The number of ether oxygens (including phenoxy) is 2. The Bertz CT molecular complexity index is 732. The number of sulfonamides is 1. The molecule has 0 radical (unpaired) electrons. The van der Waals surface area contributed by atoms with Crippen molar-refractivity contribution in [1.29, 1.82) is 0 Å². The minimum atomic E-state index is -3.25. The van der Waals surface area contributed by atoms with Gasteiger partial charge in [0.25, 0.3) is 0 Å². The highest BCUT2D eigenvalue weighted by Crippen LogP contribution is 2.34. The lowest BCUT2D eigenvalue weighted by Gasteiger charge is -2.30. The molecule has 0 spiro atoms. The van der Waals surface area contributed by atoms with Crippen molar-refractivity contribution in [3.05, 3.63) is 35.4 Å². The third-order valence-corrected chi connectivity index (χ3v) is 6.64. The molecule has 1 aromatic carbocycles.